The lowest BCUT2D eigenvalue weighted by Crippen LogP contribution is -2.32. The van der Waals surface area contributed by atoms with Crippen molar-refractivity contribution >= 4 is 10.0 Å². The van der Waals surface area contributed by atoms with E-state index in [1.165, 1.54) is 0 Å². The molecule has 0 aromatic rings. The van der Waals surface area contributed by atoms with Crippen LogP contribution in [0.2, 0.25) is 0 Å². The zero-order valence-corrected chi connectivity index (χ0v) is 10.4. The number of sulfonamides is 1. The van der Waals surface area contributed by atoms with Crippen molar-refractivity contribution < 1.29 is 13.2 Å². The van der Waals surface area contributed by atoms with Crippen LogP contribution in [-0.4, -0.2) is 47.5 Å². The van der Waals surface area contributed by atoms with Gasteiger partial charge in [-0.15, -0.1) is 0 Å². The Morgan fingerprint density at radius 1 is 1.13 bits per heavy atom. The van der Waals surface area contributed by atoms with Crippen LogP contribution in [0.1, 0.15) is 19.8 Å². The molecule has 5 nitrogen and oxygen atoms in total. The lowest BCUT2D eigenvalue weighted by molar-refractivity contribution is 0.133. The predicted octanol–water partition coefficient (Wildman–Crippen LogP) is -0.0581. The molecule has 0 fully saturated rings. The van der Waals surface area contributed by atoms with Gasteiger partial charge in [0.1, 0.15) is 0 Å². The Kier molecular flexibility index (Phi) is 8.98. The third kappa shape index (κ3) is 13.8. The van der Waals surface area contributed by atoms with Crippen LogP contribution in [0.25, 0.3) is 0 Å². The molecule has 0 radical (unpaired) electrons. The predicted molar refractivity (Wildman–Crippen MR) is 61.4 cm³/mol. The summed E-state index contributed by atoms with van der Waals surface area (Å²) in [6.07, 6.45) is 3.39. The Morgan fingerprint density at radius 3 is 2.47 bits per heavy atom. The van der Waals surface area contributed by atoms with Gasteiger partial charge in [-0.2, -0.15) is 0 Å². The van der Waals surface area contributed by atoms with E-state index in [4.69, 9.17) is 4.74 Å². The average molecular weight is 238 g/mol. The molecule has 0 aromatic heterocycles. The summed E-state index contributed by atoms with van der Waals surface area (Å²) in [6, 6.07) is 0. The van der Waals surface area contributed by atoms with Gasteiger partial charge in [-0.3, -0.25) is 0 Å². The Labute approximate surface area is 92.6 Å². The molecule has 0 spiro atoms. The minimum Gasteiger partial charge on any atom is -0.380 e. The molecule has 0 heterocycles. The van der Waals surface area contributed by atoms with Crippen LogP contribution in [0.3, 0.4) is 0 Å². The maximum Gasteiger partial charge on any atom is 0.208 e. The monoisotopic (exact) mass is 238 g/mol. The summed E-state index contributed by atoms with van der Waals surface area (Å²) >= 11 is 0. The van der Waals surface area contributed by atoms with Crippen LogP contribution in [0.5, 0.6) is 0 Å². The summed E-state index contributed by atoms with van der Waals surface area (Å²) in [4.78, 5) is 0. The summed E-state index contributed by atoms with van der Waals surface area (Å²) in [5, 5.41) is 3.08. The van der Waals surface area contributed by atoms with E-state index in [0.717, 1.165) is 32.2 Å². The zero-order chi connectivity index (χ0) is 11.6. The number of nitrogens with one attached hydrogen (secondary N) is 2. The molecule has 0 aliphatic heterocycles. The second-order valence-electron chi connectivity index (χ2n) is 3.38. The first-order valence-electron chi connectivity index (χ1n) is 5.29. The molecule has 0 saturated carbocycles. The third-order valence-electron chi connectivity index (χ3n) is 1.73. The topological polar surface area (TPSA) is 67.4 Å². The maximum atomic E-state index is 10.7. The van der Waals surface area contributed by atoms with E-state index in [1.54, 1.807) is 0 Å². The molecule has 0 aliphatic carbocycles. The van der Waals surface area contributed by atoms with E-state index < -0.39 is 10.0 Å². The molecule has 0 atom stereocenters. The first-order valence-corrected chi connectivity index (χ1v) is 7.18. The molecule has 0 aliphatic rings. The number of rotatable bonds is 10. The van der Waals surface area contributed by atoms with Gasteiger partial charge < -0.3 is 10.1 Å². The van der Waals surface area contributed by atoms with Gasteiger partial charge in [0.15, 0.2) is 0 Å². The number of hydrogen-bond donors (Lipinski definition) is 2. The quantitative estimate of drug-likeness (QED) is 0.523. The lowest BCUT2D eigenvalue weighted by Gasteiger charge is -2.05. The highest BCUT2D eigenvalue weighted by Gasteiger charge is 1.97. The van der Waals surface area contributed by atoms with Crippen molar-refractivity contribution in [2.45, 2.75) is 19.8 Å². The van der Waals surface area contributed by atoms with Crippen molar-refractivity contribution in [3.05, 3.63) is 0 Å². The highest BCUT2D eigenvalue weighted by molar-refractivity contribution is 7.88. The SMILES string of the molecule is CCCCOCCNCCNS(C)(=O)=O. The smallest absolute Gasteiger partial charge is 0.208 e. The minimum atomic E-state index is -3.05. The number of hydrogen-bond acceptors (Lipinski definition) is 4. The van der Waals surface area contributed by atoms with Gasteiger partial charge >= 0.3 is 0 Å². The molecule has 92 valence electrons. The van der Waals surface area contributed by atoms with E-state index in [1.807, 2.05) is 0 Å². The maximum absolute atomic E-state index is 10.7. The van der Waals surface area contributed by atoms with Gasteiger partial charge in [0.25, 0.3) is 0 Å². The summed E-state index contributed by atoms with van der Waals surface area (Å²) in [5.74, 6) is 0. The van der Waals surface area contributed by atoms with Crippen molar-refractivity contribution in [1.82, 2.24) is 10.0 Å². The molecule has 0 aromatic carbocycles. The first kappa shape index (κ1) is 14.8. The molecular weight excluding hydrogens is 216 g/mol. The fraction of sp³-hybridized carbons (Fsp3) is 1.00. The van der Waals surface area contributed by atoms with Crippen molar-refractivity contribution in [2.24, 2.45) is 0 Å². The summed E-state index contributed by atoms with van der Waals surface area (Å²) < 4.78 is 29.1. The van der Waals surface area contributed by atoms with E-state index in [9.17, 15) is 8.42 Å². The van der Waals surface area contributed by atoms with Crippen molar-refractivity contribution in [3.63, 3.8) is 0 Å². The van der Waals surface area contributed by atoms with E-state index >= 15 is 0 Å². The van der Waals surface area contributed by atoms with Crippen molar-refractivity contribution in [2.75, 3.05) is 39.1 Å². The molecule has 0 unspecified atom stereocenters. The van der Waals surface area contributed by atoms with E-state index in [-0.39, 0.29) is 0 Å². The molecule has 0 bridgehead atoms. The van der Waals surface area contributed by atoms with Crippen LogP contribution in [0, 0.1) is 0 Å². The standard InChI is InChI=1S/C9H22N2O3S/c1-3-4-8-14-9-7-10-5-6-11-15(2,12)13/h10-11H,3-9H2,1-2H3. The average Bonchev–Trinajstić information content (AvgIpc) is 2.14. The Hall–Kier alpha value is -0.170. The van der Waals surface area contributed by atoms with Crippen LogP contribution in [0.15, 0.2) is 0 Å². The molecule has 0 amide bonds. The molecular formula is C9H22N2O3S. The van der Waals surface area contributed by atoms with Gasteiger partial charge in [0.05, 0.1) is 12.9 Å². The fourth-order valence-electron chi connectivity index (χ4n) is 0.943. The van der Waals surface area contributed by atoms with E-state index in [0.29, 0.717) is 19.7 Å². The second kappa shape index (κ2) is 9.08. The number of unbranched alkanes of at least 4 members (excludes halogenated alkanes) is 1. The van der Waals surface area contributed by atoms with Gasteiger partial charge in [-0.25, -0.2) is 13.1 Å². The minimum absolute atomic E-state index is 0.424. The second-order valence-corrected chi connectivity index (χ2v) is 5.22. The lowest BCUT2D eigenvalue weighted by atomic mass is 10.4. The van der Waals surface area contributed by atoms with Crippen LogP contribution in [-0.2, 0) is 14.8 Å². The van der Waals surface area contributed by atoms with Crippen LogP contribution >= 0.6 is 0 Å². The van der Waals surface area contributed by atoms with Gasteiger partial charge in [-0.05, 0) is 6.42 Å². The van der Waals surface area contributed by atoms with Gasteiger partial charge in [0, 0.05) is 26.2 Å². The summed E-state index contributed by atoms with van der Waals surface area (Å²) in [7, 11) is -3.05. The Balaban J connectivity index is 3.06. The third-order valence-corrected chi connectivity index (χ3v) is 2.46. The number of ether oxygens (including phenoxy) is 1. The molecule has 6 heteroatoms. The first-order chi connectivity index (χ1) is 7.06. The Bertz CT molecular complexity index is 230. The van der Waals surface area contributed by atoms with Crippen LogP contribution < -0.4 is 10.0 Å². The summed E-state index contributed by atoms with van der Waals surface area (Å²) in [5.41, 5.74) is 0. The molecule has 0 saturated heterocycles. The zero-order valence-electron chi connectivity index (χ0n) is 9.58. The highest BCUT2D eigenvalue weighted by atomic mass is 32.2. The van der Waals surface area contributed by atoms with Gasteiger partial charge in [0.2, 0.25) is 10.0 Å². The largest absolute Gasteiger partial charge is 0.380 e. The molecule has 2 N–H and O–H groups in total. The Morgan fingerprint density at radius 2 is 1.87 bits per heavy atom. The van der Waals surface area contributed by atoms with Crippen molar-refractivity contribution in [1.29, 1.82) is 0 Å². The van der Waals surface area contributed by atoms with E-state index in [2.05, 4.69) is 17.0 Å². The van der Waals surface area contributed by atoms with Crippen molar-refractivity contribution in [3.8, 4) is 0 Å². The van der Waals surface area contributed by atoms with Gasteiger partial charge in [-0.1, -0.05) is 13.3 Å². The highest BCUT2D eigenvalue weighted by Crippen LogP contribution is 1.86. The normalized spacial score (nSPS) is 11.9. The van der Waals surface area contributed by atoms with Crippen LogP contribution in [0.4, 0.5) is 0 Å². The molecule has 0 rings (SSSR count). The molecule has 15 heavy (non-hydrogen) atoms. The summed E-state index contributed by atoms with van der Waals surface area (Å²) in [6.45, 7) is 5.42. The fourth-order valence-corrected chi connectivity index (χ4v) is 1.42.